The highest BCUT2D eigenvalue weighted by molar-refractivity contribution is 6.30. The normalized spacial score (nSPS) is 16.5. The highest BCUT2D eigenvalue weighted by Crippen LogP contribution is 2.26. The van der Waals surface area contributed by atoms with Crippen LogP contribution < -0.4 is 4.90 Å². The minimum atomic E-state index is -0.423. The fourth-order valence-corrected chi connectivity index (χ4v) is 3.63. The molecule has 0 radical (unpaired) electrons. The van der Waals surface area contributed by atoms with Crippen LogP contribution in [0.15, 0.2) is 42.7 Å². The molecular weight excluding hydrogens is 381 g/mol. The van der Waals surface area contributed by atoms with E-state index >= 15 is 0 Å². The van der Waals surface area contributed by atoms with Crippen LogP contribution >= 0.6 is 11.6 Å². The summed E-state index contributed by atoms with van der Waals surface area (Å²) in [6.45, 7) is 1.98. The molecule has 0 saturated carbocycles. The van der Waals surface area contributed by atoms with Gasteiger partial charge in [-0.05, 0) is 42.7 Å². The van der Waals surface area contributed by atoms with Gasteiger partial charge in [0.1, 0.15) is 5.82 Å². The van der Waals surface area contributed by atoms with Gasteiger partial charge in [0, 0.05) is 38.2 Å². The summed E-state index contributed by atoms with van der Waals surface area (Å²) in [6, 6.07) is 8.58. The number of pyridine rings is 1. The van der Waals surface area contributed by atoms with E-state index in [-0.39, 0.29) is 11.1 Å². The zero-order valence-corrected chi connectivity index (χ0v) is 16.3. The smallest absolute Gasteiger partial charge is 0.227 e. The van der Waals surface area contributed by atoms with Crippen molar-refractivity contribution in [1.29, 1.82) is 0 Å². The van der Waals surface area contributed by atoms with E-state index < -0.39 is 5.82 Å². The largest absolute Gasteiger partial charge is 0.376 e. The molecule has 0 N–H and O–H groups in total. The van der Waals surface area contributed by atoms with E-state index in [1.807, 2.05) is 24.1 Å². The molecule has 6 nitrogen and oxygen atoms in total. The molecule has 28 heavy (non-hydrogen) atoms. The molecule has 2 aromatic heterocycles. The minimum Gasteiger partial charge on any atom is -0.376 e. The highest BCUT2D eigenvalue weighted by atomic mass is 35.5. The summed E-state index contributed by atoms with van der Waals surface area (Å²) in [5.74, 6) is 1.05. The van der Waals surface area contributed by atoms with E-state index in [2.05, 4.69) is 19.7 Å². The summed E-state index contributed by atoms with van der Waals surface area (Å²) in [7, 11) is 1.93. The average Bonchev–Trinajstić information content (AvgIpc) is 3.36. The van der Waals surface area contributed by atoms with Crippen LogP contribution in [0.4, 0.5) is 10.3 Å². The predicted molar refractivity (Wildman–Crippen MR) is 106 cm³/mol. The van der Waals surface area contributed by atoms with Crippen LogP contribution in [0.5, 0.6) is 0 Å². The topological polar surface area (TPSA) is 56.1 Å². The van der Waals surface area contributed by atoms with Crippen molar-refractivity contribution >= 4 is 17.5 Å². The van der Waals surface area contributed by atoms with E-state index in [0.717, 1.165) is 42.3 Å². The molecule has 3 heterocycles. The molecule has 1 fully saturated rings. The second-order valence-corrected chi connectivity index (χ2v) is 7.32. The van der Waals surface area contributed by atoms with E-state index in [1.165, 1.54) is 6.07 Å². The fourth-order valence-electron chi connectivity index (χ4n) is 3.43. The van der Waals surface area contributed by atoms with Gasteiger partial charge in [-0.15, -0.1) is 10.2 Å². The fraction of sp³-hybridized carbons (Fsp3) is 0.350. The standard InChI is InChI=1S/C20H21ClFN5O/c1-26(12-14-6-7-18(22)17(21)10-14)20-25-24-19(15-4-2-8-23-11-15)27(20)13-16-5-3-9-28-16/h2,4,6-8,10-11,16H,3,5,9,12-13H2,1H3/t16-/m1/s1. The van der Waals surface area contributed by atoms with Crippen molar-refractivity contribution in [2.75, 3.05) is 18.6 Å². The molecule has 8 heteroatoms. The van der Waals surface area contributed by atoms with Crippen LogP contribution in [0.1, 0.15) is 18.4 Å². The predicted octanol–water partition coefficient (Wildman–Crippen LogP) is 3.95. The second-order valence-electron chi connectivity index (χ2n) is 6.92. The molecule has 4 rings (SSSR count). The molecule has 0 unspecified atom stereocenters. The van der Waals surface area contributed by atoms with Crippen molar-refractivity contribution in [3.63, 3.8) is 0 Å². The molecule has 1 aliphatic rings. The summed E-state index contributed by atoms with van der Waals surface area (Å²) in [5, 5.41) is 8.95. The van der Waals surface area contributed by atoms with Crippen molar-refractivity contribution in [3.05, 3.63) is 59.1 Å². The monoisotopic (exact) mass is 401 g/mol. The summed E-state index contributed by atoms with van der Waals surface area (Å²) < 4.78 is 21.3. The Hall–Kier alpha value is -2.51. The number of aromatic nitrogens is 4. The SMILES string of the molecule is CN(Cc1ccc(F)c(Cl)c1)c1nnc(-c2cccnc2)n1C[C@H]1CCCO1. The maximum Gasteiger partial charge on any atom is 0.227 e. The van der Waals surface area contributed by atoms with Gasteiger partial charge < -0.3 is 9.64 Å². The van der Waals surface area contributed by atoms with Gasteiger partial charge in [0.25, 0.3) is 0 Å². The number of halogens is 2. The first kappa shape index (κ1) is 18.8. The molecule has 0 bridgehead atoms. The Morgan fingerprint density at radius 3 is 2.93 bits per heavy atom. The first-order chi connectivity index (χ1) is 13.6. The third-order valence-electron chi connectivity index (χ3n) is 4.81. The molecule has 3 aromatic rings. The summed E-state index contributed by atoms with van der Waals surface area (Å²) in [4.78, 5) is 6.18. The van der Waals surface area contributed by atoms with Crippen molar-refractivity contribution in [1.82, 2.24) is 19.7 Å². The second kappa shape index (κ2) is 8.24. The van der Waals surface area contributed by atoms with Crippen LogP contribution in [0.25, 0.3) is 11.4 Å². The lowest BCUT2D eigenvalue weighted by Gasteiger charge is -2.21. The first-order valence-corrected chi connectivity index (χ1v) is 9.60. The van der Waals surface area contributed by atoms with Crippen molar-refractivity contribution in [2.24, 2.45) is 0 Å². The van der Waals surface area contributed by atoms with Gasteiger partial charge in [-0.3, -0.25) is 9.55 Å². The molecule has 0 aliphatic carbocycles. The van der Waals surface area contributed by atoms with Crippen LogP contribution in [0.3, 0.4) is 0 Å². The van der Waals surface area contributed by atoms with Crippen LogP contribution in [-0.2, 0) is 17.8 Å². The maximum absolute atomic E-state index is 13.4. The van der Waals surface area contributed by atoms with Crippen molar-refractivity contribution in [3.8, 4) is 11.4 Å². The molecule has 1 aromatic carbocycles. The Labute approximate surface area is 167 Å². The highest BCUT2D eigenvalue weighted by Gasteiger charge is 2.23. The number of nitrogens with zero attached hydrogens (tertiary/aromatic N) is 5. The number of rotatable bonds is 6. The van der Waals surface area contributed by atoms with Gasteiger partial charge in [0.2, 0.25) is 5.95 Å². The lowest BCUT2D eigenvalue weighted by molar-refractivity contribution is 0.0975. The van der Waals surface area contributed by atoms with Gasteiger partial charge in [-0.2, -0.15) is 0 Å². The third kappa shape index (κ3) is 4.00. The Morgan fingerprint density at radius 1 is 1.32 bits per heavy atom. The minimum absolute atomic E-state index is 0.114. The Morgan fingerprint density at radius 2 is 2.21 bits per heavy atom. The number of hydrogen-bond donors (Lipinski definition) is 0. The van der Waals surface area contributed by atoms with Crippen molar-refractivity contribution < 1.29 is 9.13 Å². The third-order valence-corrected chi connectivity index (χ3v) is 5.10. The van der Waals surface area contributed by atoms with Gasteiger partial charge in [-0.1, -0.05) is 17.7 Å². The molecule has 0 spiro atoms. The van der Waals surface area contributed by atoms with Crippen molar-refractivity contribution in [2.45, 2.75) is 32.0 Å². The van der Waals surface area contributed by atoms with E-state index in [1.54, 1.807) is 24.5 Å². The number of benzene rings is 1. The van der Waals surface area contributed by atoms with Gasteiger partial charge in [0.15, 0.2) is 5.82 Å². The average molecular weight is 402 g/mol. The van der Waals surface area contributed by atoms with Gasteiger partial charge >= 0.3 is 0 Å². The zero-order chi connectivity index (χ0) is 19.5. The zero-order valence-electron chi connectivity index (χ0n) is 15.6. The lowest BCUT2D eigenvalue weighted by Crippen LogP contribution is -2.24. The summed E-state index contributed by atoms with van der Waals surface area (Å²) >= 11 is 5.92. The van der Waals surface area contributed by atoms with Crippen LogP contribution in [-0.4, -0.2) is 39.5 Å². The first-order valence-electron chi connectivity index (χ1n) is 9.22. The molecule has 1 saturated heterocycles. The molecular formula is C20H21ClFN5O. The molecule has 1 aliphatic heterocycles. The van der Waals surface area contributed by atoms with E-state index in [0.29, 0.717) is 13.1 Å². The lowest BCUT2D eigenvalue weighted by atomic mass is 10.2. The summed E-state index contributed by atoms with van der Waals surface area (Å²) in [6.07, 6.45) is 5.73. The Kier molecular flexibility index (Phi) is 5.54. The summed E-state index contributed by atoms with van der Waals surface area (Å²) in [5.41, 5.74) is 1.79. The Balaban J connectivity index is 1.64. The van der Waals surface area contributed by atoms with Crippen LogP contribution in [0, 0.1) is 5.82 Å². The van der Waals surface area contributed by atoms with Gasteiger partial charge in [0.05, 0.1) is 17.7 Å². The quantitative estimate of drug-likeness (QED) is 0.626. The van der Waals surface area contributed by atoms with E-state index in [4.69, 9.17) is 16.3 Å². The number of ether oxygens (including phenoxy) is 1. The van der Waals surface area contributed by atoms with E-state index in [9.17, 15) is 4.39 Å². The number of hydrogen-bond acceptors (Lipinski definition) is 5. The molecule has 146 valence electrons. The van der Waals surface area contributed by atoms with Crippen LogP contribution in [0.2, 0.25) is 5.02 Å². The van der Waals surface area contributed by atoms with Gasteiger partial charge in [-0.25, -0.2) is 4.39 Å². The molecule has 1 atom stereocenters. The number of anilines is 1. The molecule has 0 amide bonds. The maximum atomic E-state index is 13.4. The Bertz CT molecular complexity index is 943.